The first-order chi connectivity index (χ1) is 15.2. The quantitative estimate of drug-likeness (QED) is 0.384. The zero-order valence-electron chi connectivity index (χ0n) is 16.9. The molecule has 9 heteroatoms. The smallest absolute Gasteiger partial charge is 0.257 e. The molecule has 32 heavy (non-hydrogen) atoms. The van der Waals surface area contributed by atoms with Crippen LogP contribution in [0.4, 0.5) is 11.4 Å². The van der Waals surface area contributed by atoms with Crippen molar-refractivity contribution >= 4 is 64.1 Å². The molecular formula is C23H19Cl2N3O3S. The third-order valence-electron chi connectivity index (χ3n) is 4.42. The Balaban J connectivity index is 1.61. The first kappa shape index (κ1) is 23.7. The Morgan fingerprint density at radius 2 is 1.59 bits per heavy atom. The number of thioether (sulfide) groups is 1. The second-order valence-electron chi connectivity index (χ2n) is 6.76. The molecule has 0 aromatic heterocycles. The summed E-state index contributed by atoms with van der Waals surface area (Å²) in [7, 11) is 0. The monoisotopic (exact) mass is 487 g/mol. The molecule has 0 aliphatic rings. The third kappa shape index (κ3) is 6.03. The molecule has 0 bridgehead atoms. The lowest BCUT2D eigenvalue weighted by atomic mass is 10.1. The number of anilines is 2. The van der Waals surface area contributed by atoms with Gasteiger partial charge in [0.25, 0.3) is 11.8 Å². The van der Waals surface area contributed by atoms with Gasteiger partial charge in [-0.15, -0.1) is 11.8 Å². The highest BCUT2D eigenvalue weighted by molar-refractivity contribution is 8.00. The summed E-state index contributed by atoms with van der Waals surface area (Å²) in [4.78, 5) is 37.3. The van der Waals surface area contributed by atoms with Gasteiger partial charge in [-0.1, -0.05) is 35.3 Å². The molecule has 3 aromatic rings. The van der Waals surface area contributed by atoms with E-state index in [-0.39, 0.29) is 22.4 Å². The molecule has 164 valence electrons. The van der Waals surface area contributed by atoms with Gasteiger partial charge in [0.15, 0.2) is 0 Å². The fraction of sp³-hybridized carbons (Fsp3) is 0.0870. The number of benzene rings is 3. The Labute approximate surface area is 199 Å². The number of carbonyl (C=O) groups is 3. The highest BCUT2D eigenvalue weighted by Gasteiger charge is 2.17. The second kappa shape index (κ2) is 10.5. The van der Waals surface area contributed by atoms with Gasteiger partial charge in [-0.25, -0.2) is 0 Å². The zero-order chi connectivity index (χ0) is 23.3. The molecule has 0 spiro atoms. The summed E-state index contributed by atoms with van der Waals surface area (Å²) in [5, 5.41) is 5.78. The summed E-state index contributed by atoms with van der Waals surface area (Å²) in [6.45, 7) is 1.76. The predicted molar refractivity (Wildman–Crippen MR) is 130 cm³/mol. The summed E-state index contributed by atoms with van der Waals surface area (Å²) < 4.78 is 0. The van der Waals surface area contributed by atoms with Crippen LogP contribution < -0.4 is 16.4 Å². The van der Waals surface area contributed by atoms with Crippen LogP contribution in [0.3, 0.4) is 0 Å². The Kier molecular flexibility index (Phi) is 7.80. The Bertz CT molecular complexity index is 1170. The summed E-state index contributed by atoms with van der Waals surface area (Å²) in [5.74, 6) is -1.23. The van der Waals surface area contributed by atoms with E-state index in [1.54, 1.807) is 67.6 Å². The second-order valence-corrected chi connectivity index (χ2v) is 9.02. The van der Waals surface area contributed by atoms with Crippen molar-refractivity contribution in [2.45, 2.75) is 17.1 Å². The van der Waals surface area contributed by atoms with Crippen molar-refractivity contribution in [1.82, 2.24) is 0 Å². The number of amides is 3. The van der Waals surface area contributed by atoms with E-state index in [1.165, 1.54) is 17.8 Å². The van der Waals surface area contributed by atoms with E-state index in [4.69, 9.17) is 28.9 Å². The Morgan fingerprint density at radius 1 is 0.906 bits per heavy atom. The van der Waals surface area contributed by atoms with Gasteiger partial charge in [0, 0.05) is 15.6 Å². The average Bonchev–Trinajstić information content (AvgIpc) is 2.75. The van der Waals surface area contributed by atoms with Crippen LogP contribution in [0.2, 0.25) is 10.0 Å². The Morgan fingerprint density at radius 3 is 2.25 bits per heavy atom. The van der Waals surface area contributed by atoms with Crippen LogP contribution in [-0.2, 0) is 4.79 Å². The van der Waals surface area contributed by atoms with E-state index in [0.717, 1.165) is 4.90 Å². The number of hydrogen-bond donors (Lipinski definition) is 3. The number of primary amides is 1. The molecular weight excluding hydrogens is 469 g/mol. The predicted octanol–water partition coefficient (Wildman–Crippen LogP) is 5.46. The number of carbonyl (C=O) groups excluding carboxylic acids is 3. The van der Waals surface area contributed by atoms with Gasteiger partial charge in [-0.2, -0.15) is 0 Å². The molecule has 0 heterocycles. The van der Waals surface area contributed by atoms with Crippen LogP contribution in [0.25, 0.3) is 0 Å². The van der Waals surface area contributed by atoms with Gasteiger partial charge in [0.05, 0.1) is 27.1 Å². The number of nitrogens with one attached hydrogen (secondary N) is 2. The third-order valence-corrected chi connectivity index (χ3v) is 6.08. The number of rotatable bonds is 7. The van der Waals surface area contributed by atoms with Crippen molar-refractivity contribution in [1.29, 1.82) is 0 Å². The van der Waals surface area contributed by atoms with E-state index in [2.05, 4.69) is 10.6 Å². The lowest BCUT2D eigenvalue weighted by Crippen LogP contribution is -2.24. The first-order valence-electron chi connectivity index (χ1n) is 9.47. The number of nitrogens with two attached hydrogens (primary N) is 1. The van der Waals surface area contributed by atoms with Crippen molar-refractivity contribution in [2.24, 2.45) is 5.73 Å². The lowest BCUT2D eigenvalue weighted by molar-refractivity contribution is -0.115. The van der Waals surface area contributed by atoms with Crippen molar-refractivity contribution in [2.75, 3.05) is 10.6 Å². The fourth-order valence-electron chi connectivity index (χ4n) is 2.79. The topological polar surface area (TPSA) is 101 Å². The van der Waals surface area contributed by atoms with Crippen LogP contribution in [0.1, 0.15) is 27.6 Å². The maximum atomic E-state index is 12.6. The minimum atomic E-state index is -0.612. The molecule has 1 unspecified atom stereocenters. The minimum absolute atomic E-state index is 0.249. The fourth-order valence-corrected chi connectivity index (χ4v) is 4.15. The normalized spacial score (nSPS) is 11.5. The molecule has 3 rings (SSSR count). The molecule has 0 saturated carbocycles. The first-order valence-corrected chi connectivity index (χ1v) is 11.1. The molecule has 3 amide bonds. The van der Waals surface area contributed by atoms with Gasteiger partial charge >= 0.3 is 0 Å². The largest absolute Gasteiger partial charge is 0.366 e. The lowest BCUT2D eigenvalue weighted by Gasteiger charge is -2.14. The van der Waals surface area contributed by atoms with Gasteiger partial charge in [-0.05, 0) is 61.5 Å². The van der Waals surface area contributed by atoms with E-state index >= 15 is 0 Å². The number of para-hydroxylation sites is 1. The van der Waals surface area contributed by atoms with Crippen LogP contribution in [0.5, 0.6) is 0 Å². The molecule has 0 aliphatic heterocycles. The highest BCUT2D eigenvalue weighted by atomic mass is 35.5. The van der Waals surface area contributed by atoms with Gasteiger partial charge in [0.1, 0.15) is 0 Å². The SMILES string of the molecule is CC(Sc1ccc(NC(=O)c2ccc(Cl)cc2Cl)cc1)C(=O)Nc1ccccc1C(N)=O. The van der Waals surface area contributed by atoms with E-state index in [9.17, 15) is 14.4 Å². The van der Waals surface area contributed by atoms with Crippen LogP contribution in [-0.4, -0.2) is 23.0 Å². The molecule has 4 N–H and O–H groups in total. The van der Waals surface area contributed by atoms with Gasteiger partial charge in [-0.3, -0.25) is 14.4 Å². The number of hydrogen-bond acceptors (Lipinski definition) is 4. The molecule has 0 radical (unpaired) electrons. The molecule has 0 saturated heterocycles. The summed E-state index contributed by atoms with van der Waals surface area (Å²) in [5.41, 5.74) is 6.87. The molecule has 3 aromatic carbocycles. The highest BCUT2D eigenvalue weighted by Crippen LogP contribution is 2.27. The van der Waals surface area contributed by atoms with E-state index in [1.807, 2.05) is 0 Å². The standard InChI is InChI=1S/C23H19Cl2N3O3S/c1-13(22(30)28-20-5-3-2-4-18(20)21(26)29)32-16-9-7-15(8-10-16)27-23(31)17-11-6-14(24)12-19(17)25/h2-13H,1H3,(H2,26,29)(H,27,31)(H,28,30). The van der Waals surface area contributed by atoms with Crippen molar-refractivity contribution in [3.63, 3.8) is 0 Å². The zero-order valence-corrected chi connectivity index (χ0v) is 19.2. The Hall–Kier alpha value is -3.00. The van der Waals surface area contributed by atoms with E-state index in [0.29, 0.717) is 22.0 Å². The maximum absolute atomic E-state index is 12.6. The van der Waals surface area contributed by atoms with Crippen molar-refractivity contribution < 1.29 is 14.4 Å². The molecule has 1 atom stereocenters. The van der Waals surface area contributed by atoms with Gasteiger partial charge < -0.3 is 16.4 Å². The summed E-state index contributed by atoms with van der Waals surface area (Å²) in [6, 6.07) is 18.3. The van der Waals surface area contributed by atoms with E-state index < -0.39 is 11.2 Å². The summed E-state index contributed by atoms with van der Waals surface area (Å²) in [6.07, 6.45) is 0. The molecule has 0 fully saturated rings. The minimum Gasteiger partial charge on any atom is -0.366 e. The van der Waals surface area contributed by atoms with Crippen LogP contribution in [0, 0.1) is 0 Å². The van der Waals surface area contributed by atoms with Gasteiger partial charge in [0.2, 0.25) is 5.91 Å². The van der Waals surface area contributed by atoms with Crippen molar-refractivity contribution in [3.05, 3.63) is 87.9 Å². The number of halogens is 2. The van der Waals surface area contributed by atoms with Crippen LogP contribution in [0.15, 0.2) is 71.6 Å². The maximum Gasteiger partial charge on any atom is 0.257 e. The molecule has 6 nitrogen and oxygen atoms in total. The van der Waals surface area contributed by atoms with Crippen LogP contribution >= 0.6 is 35.0 Å². The summed E-state index contributed by atoms with van der Waals surface area (Å²) >= 11 is 13.3. The van der Waals surface area contributed by atoms with Crippen molar-refractivity contribution in [3.8, 4) is 0 Å². The average molecular weight is 488 g/mol. The molecule has 0 aliphatic carbocycles.